The molecule has 3 aromatic rings. The highest BCUT2D eigenvalue weighted by atomic mass is 32.2. The summed E-state index contributed by atoms with van der Waals surface area (Å²) in [4.78, 5) is 22.8. The molecule has 186 valence electrons. The molecule has 2 aromatic heterocycles. The van der Waals surface area contributed by atoms with Gasteiger partial charge in [-0.2, -0.15) is 18.2 Å². The normalized spacial score (nSPS) is 11.7. The van der Waals surface area contributed by atoms with Gasteiger partial charge in [-0.05, 0) is 30.3 Å². The van der Waals surface area contributed by atoms with E-state index >= 15 is 0 Å². The molecule has 0 atom stereocenters. The number of carbonyl (C=O) groups is 1. The maximum absolute atomic E-state index is 14.1. The van der Waals surface area contributed by atoms with Crippen LogP contribution >= 0.6 is 0 Å². The minimum absolute atomic E-state index is 0.0446. The predicted molar refractivity (Wildman–Crippen MR) is 120 cm³/mol. The lowest BCUT2D eigenvalue weighted by molar-refractivity contribution is -0.137. The minimum atomic E-state index is -4.84. The molecule has 1 aromatic carbocycles. The second-order valence-corrected chi connectivity index (χ2v) is 9.20. The Morgan fingerprint density at radius 3 is 2.54 bits per heavy atom. The zero-order valence-electron chi connectivity index (χ0n) is 18.3. The first-order chi connectivity index (χ1) is 16.3. The maximum Gasteiger partial charge on any atom is 0.421 e. The number of hydrogen-bond acceptors (Lipinski definition) is 8. The van der Waals surface area contributed by atoms with Crippen molar-refractivity contribution in [2.24, 2.45) is 5.73 Å². The molecule has 0 saturated heterocycles. The fraction of sp³-hybridized carbons (Fsp3) is 0.200. The highest BCUT2D eigenvalue weighted by molar-refractivity contribution is 7.92. The van der Waals surface area contributed by atoms with E-state index in [1.54, 1.807) is 0 Å². The summed E-state index contributed by atoms with van der Waals surface area (Å²) in [5.74, 6) is -2.74. The molecule has 0 saturated carbocycles. The maximum atomic E-state index is 14.1. The lowest BCUT2D eigenvalue weighted by Gasteiger charge is -2.20. The summed E-state index contributed by atoms with van der Waals surface area (Å²) in [5.41, 5.74) is 3.90. The first-order valence-corrected chi connectivity index (χ1v) is 11.5. The quantitative estimate of drug-likeness (QED) is 0.390. The van der Waals surface area contributed by atoms with Crippen molar-refractivity contribution in [3.8, 4) is 0 Å². The Bertz CT molecular complexity index is 1370. The molecular weight excluding hydrogens is 494 g/mol. The summed E-state index contributed by atoms with van der Waals surface area (Å²) >= 11 is 0. The van der Waals surface area contributed by atoms with Crippen molar-refractivity contribution in [2.75, 3.05) is 28.2 Å². The standard InChI is InChI=1S/C20H19F4N7O3S/c1-31(35(2,33)34)16-4-3-7-26-15(16)10-27-18-12(20(22,23)24)9-28-19(30-18)29-14-8-11(17(25)32)5-6-13(14)21/h3-9H,10H2,1-2H3,(H2,25,32)(H2,27,28,29,30). The molecule has 0 bridgehead atoms. The number of anilines is 4. The molecule has 0 fully saturated rings. The van der Waals surface area contributed by atoms with Crippen molar-refractivity contribution in [1.82, 2.24) is 15.0 Å². The minimum Gasteiger partial charge on any atom is -0.366 e. The van der Waals surface area contributed by atoms with Crippen LogP contribution in [0.2, 0.25) is 0 Å². The molecule has 0 radical (unpaired) electrons. The second-order valence-electron chi connectivity index (χ2n) is 7.19. The SMILES string of the molecule is CN(c1cccnc1CNc1nc(Nc2cc(C(N)=O)ccc2F)ncc1C(F)(F)F)S(C)(=O)=O. The number of primary amides is 1. The number of halogens is 4. The van der Waals surface area contributed by atoms with Crippen LogP contribution in [0.1, 0.15) is 21.6 Å². The summed E-state index contributed by atoms with van der Waals surface area (Å²) in [6, 6.07) is 6.07. The molecular formula is C20H19F4N7O3S. The van der Waals surface area contributed by atoms with Crippen LogP contribution in [0.15, 0.2) is 42.7 Å². The van der Waals surface area contributed by atoms with Gasteiger partial charge in [0.25, 0.3) is 0 Å². The van der Waals surface area contributed by atoms with Crippen LogP contribution in [0.3, 0.4) is 0 Å². The van der Waals surface area contributed by atoms with Crippen LogP contribution in [-0.2, 0) is 22.7 Å². The van der Waals surface area contributed by atoms with Crippen LogP contribution in [0.5, 0.6) is 0 Å². The van der Waals surface area contributed by atoms with E-state index in [-0.39, 0.29) is 29.2 Å². The van der Waals surface area contributed by atoms with Gasteiger partial charge in [0, 0.05) is 25.0 Å². The van der Waals surface area contributed by atoms with E-state index in [9.17, 15) is 30.8 Å². The van der Waals surface area contributed by atoms with Crippen molar-refractivity contribution >= 4 is 39.1 Å². The molecule has 35 heavy (non-hydrogen) atoms. The molecule has 10 nitrogen and oxygen atoms in total. The van der Waals surface area contributed by atoms with Gasteiger partial charge in [-0.15, -0.1) is 0 Å². The third-order valence-corrected chi connectivity index (χ3v) is 5.91. The summed E-state index contributed by atoms with van der Waals surface area (Å²) in [6.45, 7) is -0.332. The van der Waals surface area contributed by atoms with Gasteiger partial charge >= 0.3 is 6.18 Å². The fourth-order valence-corrected chi connectivity index (χ4v) is 3.40. The van der Waals surface area contributed by atoms with Gasteiger partial charge in [0.1, 0.15) is 17.2 Å². The number of aromatic nitrogens is 3. The van der Waals surface area contributed by atoms with Crippen LogP contribution < -0.4 is 20.7 Å². The zero-order chi connectivity index (χ0) is 26.0. The van der Waals surface area contributed by atoms with Gasteiger partial charge in [0.15, 0.2) is 0 Å². The van der Waals surface area contributed by atoms with Gasteiger partial charge in [0.2, 0.25) is 21.9 Å². The average molecular weight is 513 g/mol. The number of alkyl halides is 3. The third kappa shape index (κ3) is 6.11. The number of nitrogens with two attached hydrogens (primary N) is 1. The number of hydrogen-bond donors (Lipinski definition) is 3. The lowest BCUT2D eigenvalue weighted by Crippen LogP contribution is -2.26. The van der Waals surface area contributed by atoms with Crippen LogP contribution in [0.4, 0.5) is 40.7 Å². The number of sulfonamides is 1. The van der Waals surface area contributed by atoms with Gasteiger partial charge in [-0.1, -0.05) is 0 Å². The van der Waals surface area contributed by atoms with E-state index in [1.807, 2.05) is 0 Å². The molecule has 0 aliphatic heterocycles. The largest absolute Gasteiger partial charge is 0.421 e. The molecule has 0 unspecified atom stereocenters. The zero-order valence-corrected chi connectivity index (χ0v) is 19.1. The van der Waals surface area contributed by atoms with Crippen molar-refractivity contribution in [3.63, 3.8) is 0 Å². The Labute approximate surface area is 197 Å². The van der Waals surface area contributed by atoms with Gasteiger partial charge in [-0.3, -0.25) is 14.1 Å². The van der Waals surface area contributed by atoms with Crippen LogP contribution in [-0.4, -0.2) is 42.6 Å². The summed E-state index contributed by atoms with van der Waals surface area (Å²) in [7, 11) is -2.39. The highest BCUT2D eigenvalue weighted by Crippen LogP contribution is 2.34. The third-order valence-electron chi connectivity index (χ3n) is 4.72. The van der Waals surface area contributed by atoms with E-state index in [1.165, 1.54) is 25.4 Å². The second kappa shape index (κ2) is 9.69. The molecule has 3 rings (SSSR count). The van der Waals surface area contributed by atoms with Crippen LogP contribution in [0, 0.1) is 5.82 Å². The van der Waals surface area contributed by atoms with Gasteiger partial charge in [0.05, 0.1) is 29.9 Å². The first-order valence-electron chi connectivity index (χ1n) is 9.69. The Morgan fingerprint density at radius 2 is 1.91 bits per heavy atom. The van der Waals surface area contributed by atoms with E-state index < -0.39 is 45.3 Å². The fourth-order valence-electron chi connectivity index (χ4n) is 2.88. The van der Waals surface area contributed by atoms with Crippen molar-refractivity contribution in [3.05, 3.63) is 65.4 Å². The number of rotatable bonds is 8. The molecule has 0 spiro atoms. The molecule has 15 heteroatoms. The Kier molecular flexibility index (Phi) is 7.09. The number of carbonyl (C=O) groups excluding carboxylic acids is 1. The van der Waals surface area contributed by atoms with Gasteiger partial charge in [-0.25, -0.2) is 17.8 Å². The monoisotopic (exact) mass is 513 g/mol. The lowest BCUT2D eigenvalue weighted by atomic mass is 10.2. The van der Waals surface area contributed by atoms with E-state index in [4.69, 9.17) is 5.73 Å². The Morgan fingerprint density at radius 1 is 1.20 bits per heavy atom. The van der Waals surface area contributed by atoms with E-state index in [2.05, 4.69) is 25.6 Å². The Balaban J connectivity index is 1.95. The number of amides is 1. The topological polar surface area (TPSA) is 143 Å². The van der Waals surface area contributed by atoms with Crippen molar-refractivity contribution in [1.29, 1.82) is 0 Å². The van der Waals surface area contributed by atoms with Crippen LogP contribution in [0.25, 0.3) is 0 Å². The summed E-state index contributed by atoms with van der Waals surface area (Å²) in [5, 5.41) is 4.91. The molecule has 1 amide bonds. The number of benzene rings is 1. The van der Waals surface area contributed by atoms with Gasteiger partial charge < -0.3 is 16.4 Å². The number of nitrogens with zero attached hydrogens (tertiary/aromatic N) is 4. The molecule has 2 heterocycles. The number of nitrogens with one attached hydrogen (secondary N) is 2. The van der Waals surface area contributed by atoms with Crippen molar-refractivity contribution in [2.45, 2.75) is 12.7 Å². The smallest absolute Gasteiger partial charge is 0.366 e. The molecule has 0 aliphatic carbocycles. The summed E-state index contributed by atoms with van der Waals surface area (Å²) in [6.07, 6.45) is -2.03. The van der Waals surface area contributed by atoms with E-state index in [0.717, 1.165) is 28.8 Å². The van der Waals surface area contributed by atoms with E-state index in [0.29, 0.717) is 6.20 Å². The highest BCUT2D eigenvalue weighted by Gasteiger charge is 2.35. The molecule has 0 aliphatic rings. The molecule has 4 N–H and O–H groups in total. The summed E-state index contributed by atoms with van der Waals surface area (Å²) < 4.78 is 79.5. The number of pyridine rings is 1. The Hall–Kier alpha value is -4.01. The van der Waals surface area contributed by atoms with Crippen molar-refractivity contribution < 1.29 is 30.8 Å². The first kappa shape index (κ1) is 25.6. The average Bonchev–Trinajstić information content (AvgIpc) is 2.77. The predicted octanol–water partition coefficient (Wildman–Crippen LogP) is 2.88.